The number of amides is 1. The summed E-state index contributed by atoms with van der Waals surface area (Å²) in [6.07, 6.45) is 26.4. The molecule has 240 valence electrons. The molecule has 0 saturated heterocycles. The highest BCUT2D eigenvalue weighted by Gasteiger charge is 2.40. The van der Waals surface area contributed by atoms with Gasteiger partial charge in [-0.3, -0.25) is 14.4 Å². The van der Waals surface area contributed by atoms with Crippen LogP contribution in [0.5, 0.6) is 0 Å². The summed E-state index contributed by atoms with van der Waals surface area (Å²) in [5, 5.41) is 3.01. The Hall–Kier alpha value is -4.45. The molecule has 0 spiro atoms. The number of carbonyl (C=O) groups is 3. The molecule has 0 bridgehead atoms. The van der Waals surface area contributed by atoms with E-state index in [9.17, 15) is 14.4 Å². The summed E-state index contributed by atoms with van der Waals surface area (Å²) in [5.41, 5.74) is 3.60. The Labute approximate surface area is 269 Å². The maximum Gasteiger partial charge on any atom is 0.315 e. The zero-order valence-corrected chi connectivity index (χ0v) is 27.5. The minimum atomic E-state index is -1.00. The standard InChI is InChI=1S/C39H49NO5/c1-7-10-14-18-30(4)39(6,38(43)44-9-3)29-45-36(41)27-24-32-22-25-35(26-23-32)40-37(42)31(5)34(21-15-11-8-2)28-33-19-16-12-13-17-20-33/h7-8,10-19,22-23,25-26,30H,2,9,20-21,24,27-29H2,1,3-6H3,(H,40,42)/b10-7-,15-11-,18-14-,34-31-. The predicted molar refractivity (Wildman–Crippen MR) is 184 cm³/mol. The summed E-state index contributed by atoms with van der Waals surface area (Å²) in [6.45, 7) is 13.1. The molecule has 6 heteroatoms. The molecule has 2 atom stereocenters. The van der Waals surface area contributed by atoms with Crippen molar-refractivity contribution in [2.45, 2.75) is 66.7 Å². The van der Waals surface area contributed by atoms with Gasteiger partial charge >= 0.3 is 11.9 Å². The number of carbonyl (C=O) groups excluding carboxylic acids is 3. The number of aryl methyl sites for hydroxylation is 1. The molecule has 2 unspecified atom stereocenters. The second kappa shape index (κ2) is 19.8. The minimum Gasteiger partial charge on any atom is -0.465 e. The van der Waals surface area contributed by atoms with Gasteiger partial charge in [0.2, 0.25) is 0 Å². The number of rotatable bonds is 17. The van der Waals surface area contributed by atoms with E-state index in [2.05, 4.69) is 24.0 Å². The van der Waals surface area contributed by atoms with E-state index in [1.807, 2.05) is 99.7 Å². The Morgan fingerprint density at radius 1 is 1.07 bits per heavy atom. The summed E-state index contributed by atoms with van der Waals surface area (Å²) < 4.78 is 10.9. The number of nitrogens with one attached hydrogen (secondary N) is 1. The summed E-state index contributed by atoms with van der Waals surface area (Å²) in [7, 11) is 0. The SMILES string of the molecule is C=C/C=C\C/C(CC1=CC=CC=CC1)=C(\C)C(=O)Nc1ccc(CCC(=O)OCC(C)(C(=O)OCC)C(C)/C=C\C=C/C)cc1. The van der Waals surface area contributed by atoms with E-state index >= 15 is 0 Å². The molecule has 6 nitrogen and oxygen atoms in total. The molecule has 1 N–H and O–H groups in total. The number of hydrogen-bond donors (Lipinski definition) is 1. The first-order valence-electron chi connectivity index (χ1n) is 15.6. The van der Waals surface area contributed by atoms with Crippen LogP contribution in [0.2, 0.25) is 0 Å². The van der Waals surface area contributed by atoms with E-state index in [0.717, 1.165) is 24.0 Å². The van der Waals surface area contributed by atoms with Crippen molar-refractivity contribution in [1.82, 2.24) is 0 Å². The van der Waals surface area contributed by atoms with Gasteiger partial charge in [-0.05, 0) is 77.0 Å². The third-order valence-corrected chi connectivity index (χ3v) is 7.83. The van der Waals surface area contributed by atoms with Crippen LogP contribution in [0.4, 0.5) is 5.69 Å². The Morgan fingerprint density at radius 2 is 1.82 bits per heavy atom. The fourth-order valence-electron chi connectivity index (χ4n) is 4.61. The topological polar surface area (TPSA) is 81.7 Å². The molecule has 1 aromatic rings. The van der Waals surface area contributed by atoms with Crippen molar-refractivity contribution < 1.29 is 23.9 Å². The van der Waals surface area contributed by atoms with Gasteiger partial charge in [-0.15, -0.1) is 0 Å². The Kier molecular flexibility index (Phi) is 16.1. The second-order valence-corrected chi connectivity index (χ2v) is 11.3. The molecule has 1 amide bonds. The summed E-state index contributed by atoms with van der Waals surface area (Å²) >= 11 is 0. The van der Waals surface area contributed by atoms with Crippen molar-refractivity contribution in [2.24, 2.45) is 11.3 Å². The number of allylic oxidation sites excluding steroid dienone is 14. The van der Waals surface area contributed by atoms with E-state index in [4.69, 9.17) is 9.47 Å². The van der Waals surface area contributed by atoms with Gasteiger partial charge in [-0.1, -0.05) is 110 Å². The van der Waals surface area contributed by atoms with E-state index in [1.165, 1.54) is 5.57 Å². The lowest BCUT2D eigenvalue weighted by Gasteiger charge is -2.31. The first kappa shape index (κ1) is 36.7. The molecule has 1 aliphatic carbocycles. The van der Waals surface area contributed by atoms with Gasteiger partial charge in [0.05, 0.1) is 6.61 Å². The largest absolute Gasteiger partial charge is 0.465 e. The zero-order valence-electron chi connectivity index (χ0n) is 27.5. The molecular formula is C39H49NO5. The van der Waals surface area contributed by atoms with Crippen LogP contribution in [-0.4, -0.2) is 31.1 Å². The average molecular weight is 612 g/mol. The summed E-state index contributed by atoms with van der Waals surface area (Å²) in [6, 6.07) is 7.45. The van der Waals surface area contributed by atoms with Crippen molar-refractivity contribution in [3.63, 3.8) is 0 Å². The quantitative estimate of drug-likeness (QED) is 0.108. The normalized spacial score (nSPS) is 15.7. The molecule has 0 aromatic heterocycles. The van der Waals surface area contributed by atoms with Crippen LogP contribution in [0.25, 0.3) is 0 Å². The first-order chi connectivity index (χ1) is 21.6. The van der Waals surface area contributed by atoms with Gasteiger partial charge in [0.1, 0.15) is 12.0 Å². The molecule has 1 aliphatic rings. The van der Waals surface area contributed by atoms with E-state index in [1.54, 1.807) is 19.9 Å². The van der Waals surface area contributed by atoms with Crippen LogP contribution < -0.4 is 5.32 Å². The average Bonchev–Trinajstić information content (AvgIpc) is 3.31. The Morgan fingerprint density at radius 3 is 2.51 bits per heavy atom. The number of esters is 2. The number of anilines is 1. The van der Waals surface area contributed by atoms with Crippen LogP contribution in [0.3, 0.4) is 0 Å². The van der Waals surface area contributed by atoms with Gasteiger partial charge in [0.15, 0.2) is 0 Å². The van der Waals surface area contributed by atoms with Crippen molar-refractivity contribution in [3.05, 3.63) is 126 Å². The molecule has 0 fully saturated rings. The molecular weight excluding hydrogens is 562 g/mol. The predicted octanol–water partition coefficient (Wildman–Crippen LogP) is 8.72. The number of benzene rings is 1. The number of hydrogen-bond acceptors (Lipinski definition) is 5. The summed E-state index contributed by atoms with van der Waals surface area (Å²) in [5.74, 6) is -1.13. The van der Waals surface area contributed by atoms with Crippen LogP contribution in [0, 0.1) is 11.3 Å². The third kappa shape index (κ3) is 12.6. The van der Waals surface area contributed by atoms with Gasteiger partial charge in [-0.2, -0.15) is 0 Å². The van der Waals surface area contributed by atoms with E-state index in [0.29, 0.717) is 24.1 Å². The minimum absolute atomic E-state index is 0.0695. The maximum absolute atomic E-state index is 13.2. The molecule has 0 heterocycles. The monoisotopic (exact) mass is 611 g/mol. The highest BCUT2D eigenvalue weighted by atomic mass is 16.6. The highest BCUT2D eigenvalue weighted by Crippen LogP contribution is 2.31. The van der Waals surface area contributed by atoms with Crippen molar-refractivity contribution >= 4 is 23.5 Å². The molecule has 0 radical (unpaired) electrons. The lowest BCUT2D eigenvalue weighted by molar-refractivity contribution is -0.165. The number of ether oxygens (including phenoxy) is 2. The highest BCUT2D eigenvalue weighted by molar-refractivity contribution is 6.03. The van der Waals surface area contributed by atoms with Gasteiger partial charge in [-0.25, -0.2) is 0 Å². The molecule has 45 heavy (non-hydrogen) atoms. The van der Waals surface area contributed by atoms with Crippen molar-refractivity contribution in [1.29, 1.82) is 0 Å². The van der Waals surface area contributed by atoms with Crippen molar-refractivity contribution in [3.8, 4) is 0 Å². The Balaban J connectivity index is 2.00. The zero-order chi connectivity index (χ0) is 33.1. The molecule has 1 aromatic carbocycles. The van der Waals surface area contributed by atoms with Gasteiger partial charge in [0, 0.05) is 17.7 Å². The Bertz CT molecular complexity index is 1370. The molecule has 0 saturated carbocycles. The van der Waals surface area contributed by atoms with Crippen molar-refractivity contribution in [2.75, 3.05) is 18.5 Å². The van der Waals surface area contributed by atoms with Gasteiger partial charge in [0.25, 0.3) is 5.91 Å². The van der Waals surface area contributed by atoms with E-state index < -0.39 is 11.4 Å². The lowest BCUT2D eigenvalue weighted by Crippen LogP contribution is -2.40. The summed E-state index contributed by atoms with van der Waals surface area (Å²) in [4.78, 5) is 38.6. The van der Waals surface area contributed by atoms with Crippen LogP contribution in [-0.2, 0) is 30.3 Å². The fourth-order valence-corrected chi connectivity index (χ4v) is 4.61. The molecule has 0 aliphatic heterocycles. The maximum atomic E-state index is 13.2. The second-order valence-electron chi connectivity index (χ2n) is 11.3. The third-order valence-electron chi connectivity index (χ3n) is 7.83. The van der Waals surface area contributed by atoms with E-state index in [-0.39, 0.29) is 37.4 Å². The fraction of sp³-hybridized carbons (Fsp3) is 0.359. The van der Waals surface area contributed by atoms with Crippen LogP contribution in [0.15, 0.2) is 120 Å². The van der Waals surface area contributed by atoms with Crippen LogP contribution >= 0.6 is 0 Å². The van der Waals surface area contributed by atoms with Crippen LogP contribution in [0.1, 0.15) is 65.9 Å². The first-order valence-corrected chi connectivity index (χ1v) is 15.6. The lowest BCUT2D eigenvalue weighted by atomic mass is 9.78. The molecule has 2 rings (SSSR count). The smallest absolute Gasteiger partial charge is 0.315 e. The van der Waals surface area contributed by atoms with Gasteiger partial charge < -0.3 is 14.8 Å².